The Labute approximate surface area is 166 Å². The van der Waals surface area contributed by atoms with Gasteiger partial charge in [-0.25, -0.2) is 0 Å². The van der Waals surface area contributed by atoms with Gasteiger partial charge in [-0.2, -0.15) is 0 Å². The molecule has 0 bridgehead atoms. The first-order chi connectivity index (χ1) is 13.9. The zero-order valence-electron chi connectivity index (χ0n) is 15.7. The molecule has 1 aromatic heterocycles. The minimum Gasteiger partial charge on any atom is -0.489 e. The van der Waals surface area contributed by atoms with E-state index >= 15 is 0 Å². The van der Waals surface area contributed by atoms with E-state index in [0.29, 0.717) is 12.5 Å². The van der Waals surface area contributed by atoms with Crippen LogP contribution in [0.4, 0.5) is 0 Å². The fraction of sp³-hybridized carbons (Fsp3) is 0.115. The molecule has 2 heteroatoms. The van der Waals surface area contributed by atoms with Crippen LogP contribution in [0.1, 0.15) is 28.2 Å². The molecule has 0 unspecified atom stereocenters. The first-order valence-electron chi connectivity index (χ1n) is 9.59. The van der Waals surface area contributed by atoms with E-state index < -0.39 is 0 Å². The monoisotopic (exact) mass is 365 g/mol. The molecule has 0 atom stereocenters. The van der Waals surface area contributed by atoms with E-state index in [4.69, 9.17) is 4.74 Å². The quantitative estimate of drug-likeness (QED) is 0.399. The molecule has 4 rings (SSSR count). The van der Waals surface area contributed by atoms with E-state index in [9.17, 15) is 0 Å². The van der Waals surface area contributed by atoms with Crippen molar-refractivity contribution in [3.05, 3.63) is 132 Å². The molecule has 0 aliphatic heterocycles. The summed E-state index contributed by atoms with van der Waals surface area (Å²) in [5.41, 5.74) is 5.04. The smallest absolute Gasteiger partial charge is 0.119 e. The lowest BCUT2D eigenvalue weighted by molar-refractivity contribution is 0.305. The van der Waals surface area contributed by atoms with Crippen LogP contribution in [0.3, 0.4) is 0 Å². The molecule has 28 heavy (non-hydrogen) atoms. The van der Waals surface area contributed by atoms with Crippen molar-refractivity contribution in [1.29, 1.82) is 0 Å². The van der Waals surface area contributed by atoms with Gasteiger partial charge in [0.05, 0.1) is 0 Å². The fourth-order valence-electron chi connectivity index (χ4n) is 3.41. The minimum absolute atomic E-state index is 0.338. The van der Waals surface area contributed by atoms with Gasteiger partial charge in [-0.05, 0) is 41.3 Å². The Morgan fingerprint density at radius 2 is 1.29 bits per heavy atom. The standard InChI is InChI=1S/C26H23NO/c1-3-9-23(10-4-1)26(24-11-5-2-6-12-24)18-21-13-15-25(16-14-21)28-20-22-8-7-17-27-19-22/h1-17,19,26H,18,20H2. The third-order valence-corrected chi connectivity index (χ3v) is 4.90. The predicted octanol–water partition coefficient (Wildman–Crippen LogP) is 6.04. The largest absolute Gasteiger partial charge is 0.489 e. The summed E-state index contributed by atoms with van der Waals surface area (Å²) in [6.07, 6.45) is 4.56. The Balaban J connectivity index is 1.48. The first-order valence-corrected chi connectivity index (χ1v) is 9.59. The van der Waals surface area contributed by atoms with E-state index in [-0.39, 0.29) is 0 Å². The Bertz CT molecular complexity index is 928. The van der Waals surface area contributed by atoms with E-state index in [2.05, 4.69) is 89.9 Å². The van der Waals surface area contributed by atoms with E-state index in [1.54, 1.807) is 6.20 Å². The topological polar surface area (TPSA) is 22.1 Å². The summed E-state index contributed by atoms with van der Waals surface area (Å²) >= 11 is 0. The molecule has 0 amide bonds. The van der Waals surface area contributed by atoms with Gasteiger partial charge in [0.25, 0.3) is 0 Å². The van der Waals surface area contributed by atoms with Crippen LogP contribution in [0.5, 0.6) is 5.75 Å². The zero-order chi connectivity index (χ0) is 19.0. The summed E-state index contributed by atoms with van der Waals surface area (Å²) in [5, 5.41) is 0. The van der Waals surface area contributed by atoms with Crippen molar-refractivity contribution in [3.8, 4) is 5.75 Å². The van der Waals surface area contributed by atoms with Gasteiger partial charge in [-0.3, -0.25) is 4.98 Å². The van der Waals surface area contributed by atoms with Gasteiger partial charge in [-0.1, -0.05) is 78.9 Å². The third kappa shape index (κ3) is 4.66. The average Bonchev–Trinajstić information content (AvgIpc) is 2.79. The molecule has 138 valence electrons. The SMILES string of the molecule is c1ccc(C(Cc2ccc(OCc3cccnc3)cc2)c2ccccc2)cc1. The van der Waals surface area contributed by atoms with Crippen LogP contribution in [0.25, 0.3) is 0 Å². The van der Waals surface area contributed by atoms with Crippen molar-refractivity contribution >= 4 is 0 Å². The maximum Gasteiger partial charge on any atom is 0.119 e. The number of hydrogen-bond donors (Lipinski definition) is 0. The van der Waals surface area contributed by atoms with Gasteiger partial charge in [0.2, 0.25) is 0 Å². The second-order valence-corrected chi connectivity index (χ2v) is 6.87. The lowest BCUT2D eigenvalue weighted by Crippen LogP contribution is -2.05. The van der Waals surface area contributed by atoms with Gasteiger partial charge in [-0.15, -0.1) is 0 Å². The second-order valence-electron chi connectivity index (χ2n) is 6.87. The normalized spacial score (nSPS) is 10.8. The van der Waals surface area contributed by atoms with Crippen molar-refractivity contribution in [1.82, 2.24) is 4.98 Å². The van der Waals surface area contributed by atoms with Crippen LogP contribution in [0.15, 0.2) is 109 Å². The van der Waals surface area contributed by atoms with Crippen molar-refractivity contribution in [2.24, 2.45) is 0 Å². The van der Waals surface area contributed by atoms with Gasteiger partial charge >= 0.3 is 0 Å². The maximum atomic E-state index is 5.88. The summed E-state index contributed by atoms with van der Waals surface area (Å²) in [7, 11) is 0. The van der Waals surface area contributed by atoms with Crippen LogP contribution in [-0.2, 0) is 13.0 Å². The summed E-state index contributed by atoms with van der Waals surface area (Å²) in [6, 6.07) is 33.8. The highest BCUT2D eigenvalue weighted by molar-refractivity contribution is 5.36. The molecule has 0 fully saturated rings. The Morgan fingerprint density at radius 1 is 0.643 bits per heavy atom. The summed E-state index contributed by atoms with van der Waals surface area (Å²) < 4.78 is 5.88. The number of rotatable bonds is 7. The molecule has 4 aromatic rings. The molecule has 0 saturated carbocycles. The van der Waals surface area contributed by atoms with E-state index in [1.165, 1.54) is 16.7 Å². The number of aromatic nitrogens is 1. The van der Waals surface area contributed by atoms with Crippen molar-refractivity contribution in [2.45, 2.75) is 18.9 Å². The number of pyridine rings is 1. The van der Waals surface area contributed by atoms with Gasteiger partial charge in [0.1, 0.15) is 12.4 Å². The first kappa shape index (κ1) is 18.0. The second kappa shape index (κ2) is 9.01. The van der Waals surface area contributed by atoms with Crippen LogP contribution < -0.4 is 4.74 Å². The lowest BCUT2D eigenvalue weighted by Gasteiger charge is -2.18. The molecular weight excluding hydrogens is 342 g/mol. The Hall–Kier alpha value is -3.39. The molecule has 0 aliphatic carbocycles. The molecule has 0 spiro atoms. The lowest BCUT2D eigenvalue weighted by atomic mass is 9.86. The summed E-state index contributed by atoms with van der Waals surface area (Å²) in [4.78, 5) is 4.12. The maximum absolute atomic E-state index is 5.88. The molecule has 0 radical (unpaired) electrons. The highest BCUT2D eigenvalue weighted by Crippen LogP contribution is 2.29. The highest BCUT2D eigenvalue weighted by Gasteiger charge is 2.14. The number of hydrogen-bond acceptors (Lipinski definition) is 2. The molecule has 0 N–H and O–H groups in total. The predicted molar refractivity (Wildman–Crippen MR) is 113 cm³/mol. The van der Waals surface area contributed by atoms with Crippen LogP contribution >= 0.6 is 0 Å². The fourth-order valence-corrected chi connectivity index (χ4v) is 3.41. The Morgan fingerprint density at radius 3 is 1.86 bits per heavy atom. The minimum atomic E-state index is 0.338. The molecule has 1 heterocycles. The number of benzene rings is 3. The molecule has 0 aliphatic rings. The summed E-state index contributed by atoms with van der Waals surface area (Å²) in [5.74, 6) is 1.22. The van der Waals surface area contributed by atoms with Crippen LogP contribution in [-0.4, -0.2) is 4.98 Å². The van der Waals surface area contributed by atoms with Crippen molar-refractivity contribution in [2.75, 3.05) is 0 Å². The molecule has 0 saturated heterocycles. The van der Waals surface area contributed by atoms with Crippen molar-refractivity contribution in [3.63, 3.8) is 0 Å². The zero-order valence-corrected chi connectivity index (χ0v) is 15.7. The van der Waals surface area contributed by atoms with Gasteiger partial charge < -0.3 is 4.74 Å². The Kier molecular flexibility index (Phi) is 5.79. The van der Waals surface area contributed by atoms with Gasteiger partial charge in [0.15, 0.2) is 0 Å². The van der Waals surface area contributed by atoms with E-state index in [1.807, 2.05) is 18.3 Å². The number of nitrogens with zero attached hydrogens (tertiary/aromatic N) is 1. The number of ether oxygens (including phenoxy) is 1. The average molecular weight is 365 g/mol. The van der Waals surface area contributed by atoms with Crippen molar-refractivity contribution < 1.29 is 4.74 Å². The highest BCUT2D eigenvalue weighted by atomic mass is 16.5. The van der Waals surface area contributed by atoms with Crippen LogP contribution in [0.2, 0.25) is 0 Å². The van der Waals surface area contributed by atoms with E-state index in [0.717, 1.165) is 17.7 Å². The molecule has 3 aromatic carbocycles. The molecular formula is C26H23NO. The van der Waals surface area contributed by atoms with Gasteiger partial charge in [0, 0.05) is 23.9 Å². The third-order valence-electron chi connectivity index (χ3n) is 4.90. The molecule has 2 nitrogen and oxygen atoms in total. The van der Waals surface area contributed by atoms with Crippen LogP contribution in [0, 0.1) is 0 Å². The summed E-state index contributed by atoms with van der Waals surface area (Å²) in [6.45, 7) is 0.532.